The van der Waals surface area contributed by atoms with Crippen molar-refractivity contribution >= 4 is 17.8 Å². The molecular formula is C21H24F3N5O6. The Morgan fingerprint density at radius 1 is 1.17 bits per heavy atom. The third-order valence-corrected chi connectivity index (χ3v) is 6.01. The fraction of sp³-hybridized carbons (Fsp3) is 0.571. The second-order valence-corrected chi connectivity index (χ2v) is 8.52. The van der Waals surface area contributed by atoms with Gasteiger partial charge in [-0.05, 0) is 13.3 Å². The largest absolute Gasteiger partial charge is 0.490 e. The number of hydrogen-bond donors (Lipinski definition) is 1. The minimum absolute atomic E-state index is 0.108. The molecule has 0 saturated carbocycles. The van der Waals surface area contributed by atoms with E-state index in [9.17, 15) is 18.0 Å². The summed E-state index contributed by atoms with van der Waals surface area (Å²) in [6, 6.07) is 1.68. The van der Waals surface area contributed by atoms with E-state index < -0.39 is 12.1 Å². The second-order valence-electron chi connectivity index (χ2n) is 8.52. The number of morpholine rings is 1. The maximum absolute atomic E-state index is 12.8. The van der Waals surface area contributed by atoms with Crippen molar-refractivity contribution in [2.75, 3.05) is 50.9 Å². The number of hydrogen-bond acceptors (Lipinski definition) is 9. The summed E-state index contributed by atoms with van der Waals surface area (Å²) < 4.78 is 48.1. The Morgan fingerprint density at radius 2 is 1.89 bits per heavy atom. The number of nitrogens with zero attached hydrogens (tertiary/aromatic N) is 5. The van der Waals surface area contributed by atoms with Crippen molar-refractivity contribution < 1.29 is 41.9 Å². The van der Waals surface area contributed by atoms with Gasteiger partial charge in [0.1, 0.15) is 5.76 Å². The summed E-state index contributed by atoms with van der Waals surface area (Å²) in [5, 5.41) is 11.0. The predicted molar refractivity (Wildman–Crippen MR) is 112 cm³/mol. The van der Waals surface area contributed by atoms with Crippen molar-refractivity contribution in [2.45, 2.75) is 31.5 Å². The number of aliphatic carboxylic acids is 1. The van der Waals surface area contributed by atoms with E-state index in [0.717, 1.165) is 36.7 Å². The second kappa shape index (κ2) is 9.77. The van der Waals surface area contributed by atoms with Crippen molar-refractivity contribution in [1.29, 1.82) is 0 Å². The van der Waals surface area contributed by atoms with Gasteiger partial charge in [-0.15, -0.1) is 0 Å². The summed E-state index contributed by atoms with van der Waals surface area (Å²) in [4.78, 5) is 35.2. The molecule has 2 aromatic heterocycles. The monoisotopic (exact) mass is 499 g/mol. The van der Waals surface area contributed by atoms with Crippen LogP contribution >= 0.6 is 0 Å². The quantitative estimate of drug-likeness (QED) is 0.649. The Kier molecular flexibility index (Phi) is 6.94. The first-order valence-electron chi connectivity index (χ1n) is 10.9. The molecule has 1 spiro atoms. The molecule has 0 aliphatic carbocycles. The molecule has 2 saturated heterocycles. The molecule has 35 heavy (non-hydrogen) atoms. The maximum atomic E-state index is 12.8. The molecule has 14 heteroatoms. The van der Waals surface area contributed by atoms with Gasteiger partial charge in [-0.25, -0.2) is 14.8 Å². The normalized spacial score (nSPS) is 21.9. The van der Waals surface area contributed by atoms with E-state index in [2.05, 4.69) is 15.0 Å². The van der Waals surface area contributed by atoms with Crippen LogP contribution in [-0.4, -0.2) is 89.2 Å². The number of halogens is 3. The van der Waals surface area contributed by atoms with Crippen LogP contribution in [0.2, 0.25) is 0 Å². The molecule has 3 aliphatic heterocycles. The first-order valence-corrected chi connectivity index (χ1v) is 10.9. The number of ether oxygens (including phenoxy) is 2. The predicted octanol–water partition coefficient (Wildman–Crippen LogP) is 1.56. The number of alkyl halides is 3. The van der Waals surface area contributed by atoms with Crippen LogP contribution in [-0.2, 0) is 26.3 Å². The lowest BCUT2D eigenvalue weighted by molar-refractivity contribution is -0.192. The standard InChI is InChI=1S/C19H23N5O4.C2HF3O2/c1-13-8-15(22-28-13)17(25)24-3-2-19(11-24)12-27-10-14-9-20-18(21-16(14)19)23-4-6-26-7-5-23;3-2(4,5)1(6)7/h8-9H,2-7,10-12H2,1H3;(H,6,7). The van der Waals surface area contributed by atoms with Crippen molar-refractivity contribution in [2.24, 2.45) is 0 Å². The molecule has 1 N–H and O–H groups in total. The highest BCUT2D eigenvalue weighted by Crippen LogP contribution is 2.40. The molecule has 3 aliphatic rings. The van der Waals surface area contributed by atoms with E-state index in [-0.39, 0.29) is 11.3 Å². The first kappa shape index (κ1) is 24.9. The van der Waals surface area contributed by atoms with Crippen LogP contribution in [0.5, 0.6) is 0 Å². The van der Waals surface area contributed by atoms with Gasteiger partial charge in [0.05, 0.1) is 37.5 Å². The van der Waals surface area contributed by atoms with E-state index in [1.807, 2.05) is 11.1 Å². The lowest BCUT2D eigenvalue weighted by Gasteiger charge is -2.35. The Labute approximate surface area is 197 Å². The van der Waals surface area contributed by atoms with Gasteiger partial charge in [0.25, 0.3) is 5.91 Å². The van der Waals surface area contributed by atoms with Gasteiger partial charge in [-0.2, -0.15) is 13.2 Å². The molecule has 1 unspecified atom stereocenters. The van der Waals surface area contributed by atoms with E-state index in [0.29, 0.717) is 51.0 Å². The fourth-order valence-corrected chi connectivity index (χ4v) is 4.29. The van der Waals surface area contributed by atoms with Crippen LogP contribution < -0.4 is 4.90 Å². The fourth-order valence-electron chi connectivity index (χ4n) is 4.29. The first-order chi connectivity index (χ1) is 16.6. The van der Waals surface area contributed by atoms with Crippen LogP contribution in [0.1, 0.15) is 33.9 Å². The summed E-state index contributed by atoms with van der Waals surface area (Å²) >= 11 is 0. The topological polar surface area (TPSA) is 131 Å². The minimum Gasteiger partial charge on any atom is -0.475 e. The number of aromatic nitrogens is 3. The van der Waals surface area contributed by atoms with Crippen LogP contribution in [0, 0.1) is 6.92 Å². The number of fused-ring (bicyclic) bond motifs is 2. The van der Waals surface area contributed by atoms with E-state index in [1.54, 1.807) is 13.0 Å². The summed E-state index contributed by atoms with van der Waals surface area (Å²) in [7, 11) is 0. The highest BCUT2D eigenvalue weighted by atomic mass is 19.4. The molecule has 0 radical (unpaired) electrons. The number of carboxylic acid groups (broad SMARTS) is 1. The smallest absolute Gasteiger partial charge is 0.475 e. The lowest BCUT2D eigenvalue weighted by atomic mass is 9.80. The van der Waals surface area contributed by atoms with Crippen molar-refractivity contribution in [3.8, 4) is 0 Å². The summed E-state index contributed by atoms with van der Waals surface area (Å²) in [6.45, 7) is 7.01. The van der Waals surface area contributed by atoms with Crippen molar-refractivity contribution in [1.82, 2.24) is 20.0 Å². The zero-order valence-corrected chi connectivity index (χ0v) is 18.9. The summed E-state index contributed by atoms with van der Waals surface area (Å²) in [5.41, 5.74) is 2.08. The van der Waals surface area contributed by atoms with Crippen LogP contribution in [0.15, 0.2) is 16.8 Å². The Morgan fingerprint density at radius 3 is 2.51 bits per heavy atom. The van der Waals surface area contributed by atoms with E-state index >= 15 is 0 Å². The molecule has 2 aromatic rings. The molecule has 1 amide bonds. The highest BCUT2D eigenvalue weighted by molar-refractivity contribution is 5.92. The SMILES string of the molecule is Cc1cc(C(=O)N2CCC3(COCc4cnc(N5CCOCC5)nc43)C2)no1.O=C(O)C(F)(F)F. The van der Waals surface area contributed by atoms with E-state index in [1.165, 1.54) is 0 Å². The third kappa shape index (κ3) is 5.37. The number of amides is 1. The molecule has 5 heterocycles. The molecule has 2 fully saturated rings. The minimum atomic E-state index is -5.08. The molecule has 0 aromatic carbocycles. The summed E-state index contributed by atoms with van der Waals surface area (Å²) in [5.74, 6) is -1.50. The van der Waals surface area contributed by atoms with Crippen molar-refractivity contribution in [3.63, 3.8) is 0 Å². The third-order valence-electron chi connectivity index (χ3n) is 6.01. The number of carbonyl (C=O) groups excluding carboxylic acids is 1. The van der Waals surface area contributed by atoms with Crippen LogP contribution in [0.3, 0.4) is 0 Å². The number of anilines is 1. The van der Waals surface area contributed by atoms with Crippen LogP contribution in [0.25, 0.3) is 0 Å². The number of aryl methyl sites for hydroxylation is 1. The van der Waals surface area contributed by atoms with Crippen molar-refractivity contribution in [3.05, 3.63) is 35.0 Å². The average Bonchev–Trinajstić information content (AvgIpc) is 3.46. The Bertz CT molecular complexity index is 1090. The molecular weight excluding hydrogens is 475 g/mol. The lowest BCUT2D eigenvalue weighted by Crippen LogP contribution is -2.43. The number of carbonyl (C=O) groups is 2. The van der Waals surface area contributed by atoms with Gasteiger partial charge >= 0.3 is 12.1 Å². The maximum Gasteiger partial charge on any atom is 0.490 e. The van der Waals surface area contributed by atoms with Gasteiger partial charge in [0.15, 0.2) is 5.69 Å². The zero-order chi connectivity index (χ0) is 25.2. The van der Waals surface area contributed by atoms with E-state index in [4.69, 9.17) is 28.9 Å². The summed E-state index contributed by atoms with van der Waals surface area (Å²) in [6.07, 6.45) is -2.40. The Balaban J connectivity index is 0.000000364. The van der Waals surface area contributed by atoms with Gasteiger partial charge in [-0.1, -0.05) is 5.16 Å². The van der Waals surface area contributed by atoms with Crippen LogP contribution in [0.4, 0.5) is 19.1 Å². The molecule has 0 bridgehead atoms. The molecule has 11 nitrogen and oxygen atoms in total. The van der Waals surface area contributed by atoms with Gasteiger partial charge in [0.2, 0.25) is 5.95 Å². The molecule has 1 atom stereocenters. The van der Waals surface area contributed by atoms with Gasteiger partial charge < -0.3 is 28.9 Å². The Hall–Kier alpha value is -3.26. The molecule has 190 valence electrons. The number of carboxylic acids is 1. The average molecular weight is 499 g/mol. The van der Waals surface area contributed by atoms with Gasteiger partial charge in [-0.3, -0.25) is 4.79 Å². The zero-order valence-electron chi connectivity index (χ0n) is 18.9. The van der Waals surface area contributed by atoms with Gasteiger partial charge in [0, 0.05) is 44.0 Å². The molecule has 5 rings (SSSR count). The highest BCUT2D eigenvalue weighted by Gasteiger charge is 2.47. The number of rotatable bonds is 2. The number of likely N-dealkylation sites (tertiary alicyclic amines) is 1.